The molecule has 2 aromatic rings. The zero-order valence-electron chi connectivity index (χ0n) is 10.7. The summed E-state index contributed by atoms with van der Waals surface area (Å²) in [6.45, 7) is 2.77. The van der Waals surface area contributed by atoms with Gasteiger partial charge in [0.1, 0.15) is 11.7 Å². The van der Waals surface area contributed by atoms with E-state index in [1.54, 1.807) is 0 Å². The molecule has 0 saturated heterocycles. The highest BCUT2D eigenvalue weighted by atomic mass is 19.4. The molecule has 4 nitrogen and oxygen atoms in total. The second kappa shape index (κ2) is 4.43. The van der Waals surface area contributed by atoms with Crippen LogP contribution < -0.4 is 0 Å². The van der Waals surface area contributed by atoms with E-state index in [9.17, 15) is 23.1 Å². The van der Waals surface area contributed by atoms with Crippen LogP contribution in [0.1, 0.15) is 25.1 Å². The third-order valence-electron chi connectivity index (χ3n) is 3.09. The molecule has 0 aliphatic heterocycles. The van der Waals surface area contributed by atoms with Gasteiger partial charge in [-0.15, -0.1) is 0 Å². The Hall–Kier alpha value is -2.18. The molecule has 7 heteroatoms. The molecule has 0 aliphatic rings. The lowest BCUT2D eigenvalue weighted by atomic mass is 9.86. The van der Waals surface area contributed by atoms with Crippen molar-refractivity contribution in [2.45, 2.75) is 25.4 Å². The predicted molar refractivity (Wildman–Crippen MR) is 65.2 cm³/mol. The predicted octanol–water partition coefficient (Wildman–Crippen LogP) is 3.01. The van der Waals surface area contributed by atoms with Crippen molar-refractivity contribution in [3.8, 4) is 0 Å². The Labute approximate surface area is 112 Å². The van der Waals surface area contributed by atoms with Gasteiger partial charge in [-0.25, -0.2) is 9.97 Å². The van der Waals surface area contributed by atoms with Gasteiger partial charge in [-0.1, -0.05) is 0 Å². The summed E-state index contributed by atoms with van der Waals surface area (Å²) in [7, 11) is 0. The number of carboxylic acids is 1. The first-order valence-electron chi connectivity index (χ1n) is 5.70. The summed E-state index contributed by atoms with van der Waals surface area (Å²) in [5.41, 5.74) is -1.94. The molecule has 1 N–H and O–H groups in total. The van der Waals surface area contributed by atoms with Gasteiger partial charge < -0.3 is 5.11 Å². The largest absolute Gasteiger partial charge is 0.481 e. The zero-order chi connectivity index (χ0) is 15.1. The van der Waals surface area contributed by atoms with Crippen LogP contribution in [-0.4, -0.2) is 21.0 Å². The number of aromatic nitrogens is 2. The number of hydrogen-bond acceptors (Lipinski definition) is 3. The van der Waals surface area contributed by atoms with Crippen molar-refractivity contribution in [3.63, 3.8) is 0 Å². The highest BCUT2D eigenvalue weighted by molar-refractivity contribution is 5.89. The normalized spacial score (nSPS) is 12.7. The summed E-state index contributed by atoms with van der Waals surface area (Å²) in [6.07, 6.45) is -3.36. The number of fused-ring (bicyclic) bond motifs is 1. The van der Waals surface area contributed by atoms with Gasteiger partial charge in [0, 0.05) is 5.39 Å². The van der Waals surface area contributed by atoms with Crippen LogP contribution in [0.15, 0.2) is 24.5 Å². The average molecular weight is 284 g/mol. The number of alkyl halides is 3. The van der Waals surface area contributed by atoms with Crippen molar-refractivity contribution in [1.29, 1.82) is 0 Å². The first-order valence-corrected chi connectivity index (χ1v) is 5.70. The van der Waals surface area contributed by atoms with Crippen LogP contribution in [0.2, 0.25) is 0 Å². The summed E-state index contributed by atoms with van der Waals surface area (Å²) in [6, 6.07) is 3.00. The van der Waals surface area contributed by atoms with Crippen molar-refractivity contribution >= 4 is 16.9 Å². The molecule has 106 valence electrons. The van der Waals surface area contributed by atoms with Crippen molar-refractivity contribution in [3.05, 3.63) is 35.8 Å². The Kier molecular flexibility index (Phi) is 3.15. The quantitative estimate of drug-likeness (QED) is 0.920. The molecule has 20 heavy (non-hydrogen) atoms. The summed E-state index contributed by atoms with van der Waals surface area (Å²) >= 11 is 0. The van der Waals surface area contributed by atoms with Gasteiger partial charge in [0.25, 0.3) is 0 Å². The highest BCUT2D eigenvalue weighted by Crippen LogP contribution is 2.34. The second-order valence-electron chi connectivity index (χ2n) is 4.88. The number of aliphatic carboxylic acids is 1. The molecule has 0 unspecified atom stereocenters. The van der Waals surface area contributed by atoms with E-state index in [1.807, 2.05) is 0 Å². The summed E-state index contributed by atoms with van der Waals surface area (Å²) in [4.78, 5) is 19.0. The third kappa shape index (κ3) is 2.31. The standard InChI is InChI=1S/C13H11F3N2O2/c1-12(2,11(19)20)10-8-5-7(13(14,15)16)3-4-9(8)17-6-18-10/h3-6H,1-2H3,(H,19,20). The van der Waals surface area contributed by atoms with E-state index in [-0.39, 0.29) is 16.6 Å². The maximum atomic E-state index is 12.7. The molecular weight excluding hydrogens is 273 g/mol. The van der Waals surface area contributed by atoms with Gasteiger partial charge >= 0.3 is 12.1 Å². The van der Waals surface area contributed by atoms with E-state index in [0.29, 0.717) is 0 Å². The monoisotopic (exact) mass is 284 g/mol. The number of benzene rings is 1. The van der Waals surface area contributed by atoms with Crippen LogP contribution in [0.5, 0.6) is 0 Å². The van der Waals surface area contributed by atoms with Crippen LogP contribution in [0.4, 0.5) is 13.2 Å². The minimum absolute atomic E-state index is 0.0566. The number of carboxylic acid groups (broad SMARTS) is 1. The number of rotatable bonds is 2. The molecule has 2 rings (SSSR count). The molecule has 1 heterocycles. The van der Waals surface area contributed by atoms with Gasteiger partial charge in [0.05, 0.1) is 16.8 Å². The molecule has 0 radical (unpaired) electrons. The zero-order valence-corrected chi connectivity index (χ0v) is 10.7. The average Bonchev–Trinajstić information content (AvgIpc) is 2.36. The number of halogens is 3. The van der Waals surface area contributed by atoms with E-state index in [1.165, 1.54) is 19.9 Å². The fourth-order valence-corrected chi connectivity index (χ4v) is 1.83. The number of nitrogens with zero attached hydrogens (tertiary/aromatic N) is 2. The lowest BCUT2D eigenvalue weighted by Crippen LogP contribution is -2.30. The Morgan fingerprint density at radius 3 is 2.40 bits per heavy atom. The van der Waals surface area contributed by atoms with Crippen LogP contribution in [-0.2, 0) is 16.4 Å². The van der Waals surface area contributed by atoms with Crippen molar-refractivity contribution in [1.82, 2.24) is 9.97 Å². The SMILES string of the molecule is CC(C)(C(=O)O)c1ncnc2ccc(C(F)(F)F)cc12. The molecule has 0 amide bonds. The van der Waals surface area contributed by atoms with E-state index >= 15 is 0 Å². The Bertz CT molecular complexity index is 681. The van der Waals surface area contributed by atoms with Gasteiger partial charge in [0.15, 0.2) is 0 Å². The molecule has 0 spiro atoms. The first-order chi connectivity index (χ1) is 9.14. The maximum Gasteiger partial charge on any atom is 0.416 e. The van der Waals surface area contributed by atoms with Gasteiger partial charge in [-0.3, -0.25) is 4.79 Å². The summed E-state index contributed by atoms with van der Waals surface area (Å²) < 4.78 is 38.2. The fourth-order valence-electron chi connectivity index (χ4n) is 1.83. The highest BCUT2D eigenvalue weighted by Gasteiger charge is 2.35. The lowest BCUT2D eigenvalue weighted by molar-refractivity contribution is -0.142. The molecule has 1 aromatic heterocycles. The van der Waals surface area contributed by atoms with E-state index in [0.717, 1.165) is 18.5 Å². The third-order valence-corrected chi connectivity index (χ3v) is 3.09. The van der Waals surface area contributed by atoms with Crippen LogP contribution in [0, 0.1) is 0 Å². The molecule has 0 saturated carbocycles. The van der Waals surface area contributed by atoms with Gasteiger partial charge in [-0.05, 0) is 32.0 Å². The minimum atomic E-state index is -4.51. The smallest absolute Gasteiger partial charge is 0.416 e. The molecular formula is C13H11F3N2O2. The summed E-state index contributed by atoms with van der Waals surface area (Å²) in [5, 5.41) is 9.29. The van der Waals surface area contributed by atoms with Crippen LogP contribution >= 0.6 is 0 Å². The second-order valence-corrected chi connectivity index (χ2v) is 4.88. The van der Waals surface area contributed by atoms with Crippen LogP contribution in [0.25, 0.3) is 10.9 Å². The van der Waals surface area contributed by atoms with Crippen molar-refractivity contribution in [2.75, 3.05) is 0 Å². The number of carbonyl (C=O) groups is 1. The maximum absolute atomic E-state index is 12.7. The molecule has 0 bridgehead atoms. The minimum Gasteiger partial charge on any atom is -0.481 e. The number of hydrogen-bond donors (Lipinski definition) is 1. The Balaban J connectivity index is 2.76. The first kappa shape index (κ1) is 14.2. The van der Waals surface area contributed by atoms with Crippen LogP contribution in [0.3, 0.4) is 0 Å². The molecule has 0 atom stereocenters. The lowest BCUT2D eigenvalue weighted by Gasteiger charge is -2.20. The fraction of sp³-hybridized carbons (Fsp3) is 0.308. The van der Waals surface area contributed by atoms with Crippen molar-refractivity contribution < 1.29 is 23.1 Å². The van der Waals surface area contributed by atoms with E-state index in [4.69, 9.17) is 0 Å². The summed E-state index contributed by atoms with van der Waals surface area (Å²) in [5.74, 6) is -1.17. The molecule has 1 aromatic carbocycles. The van der Waals surface area contributed by atoms with Gasteiger partial charge in [0.2, 0.25) is 0 Å². The Morgan fingerprint density at radius 2 is 1.85 bits per heavy atom. The van der Waals surface area contributed by atoms with Crippen molar-refractivity contribution in [2.24, 2.45) is 0 Å². The van der Waals surface area contributed by atoms with E-state index in [2.05, 4.69) is 9.97 Å². The Morgan fingerprint density at radius 1 is 1.20 bits per heavy atom. The van der Waals surface area contributed by atoms with Gasteiger partial charge in [-0.2, -0.15) is 13.2 Å². The molecule has 0 aliphatic carbocycles. The molecule has 0 fully saturated rings. The van der Waals surface area contributed by atoms with E-state index < -0.39 is 23.1 Å². The topological polar surface area (TPSA) is 63.1 Å².